The molecule has 0 atom stereocenters. The van der Waals surface area contributed by atoms with Crippen LogP contribution in [0.1, 0.15) is 55.5 Å². The summed E-state index contributed by atoms with van der Waals surface area (Å²) in [6.07, 6.45) is 11.8. The number of hydrogen-bond acceptors (Lipinski definition) is 5. The summed E-state index contributed by atoms with van der Waals surface area (Å²) in [5.74, 6) is 0.596. The van der Waals surface area contributed by atoms with Crippen LogP contribution in [0.3, 0.4) is 0 Å². The lowest BCUT2D eigenvalue weighted by molar-refractivity contribution is 0.144. The van der Waals surface area contributed by atoms with Crippen LogP contribution in [0.5, 0.6) is 5.75 Å². The van der Waals surface area contributed by atoms with E-state index in [0.717, 1.165) is 27.5 Å². The van der Waals surface area contributed by atoms with Gasteiger partial charge < -0.3 is 9.64 Å². The monoisotopic (exact) mass is 625 g/mol. The van der Waals surface area contributed by atoms with E-state index in [1.54, 1.807) is 29.5 Å². The molecule has 0 amide bonds. The van der Waals surface area contributed by atoms with Gasteiger partial charge in [0.1, 0.15) is 17.4 Å². The topological polar surface area (TPSA) is 37.7 Å². The summed E-state index contributed by atoms with van der Waals surface area (Å²) in [4.78, 5) is 12.0. The first-order valence-electron chi connectivity index (χ1n) is 14.1. The predicted octanol–water partition coefficient (Wildman–Crippen LogP) is 10.4. The fourth-order valence-electron chi connectivity index (χ4n) is 5.92. The van der Waals surface area contributed by atoms with E-state index in [2.05, 4.69) is 41.3 Å². The molecule has 1 saturated heterocycles. The molecule has 41 heavy (non-hydrogen) atoms. The van der Waals surface area contributed by atoms with Crippen molar-refractivity contribution in [1.29, 1.82) is 0 Å². The number of thiazole rings is 1. The van der Waals surface area contributed by atoms with E-state index in [1.807, 2.05) is 23.7 Å². The minimum Gasteiger partial charge on any atom is -0.485 e. The van der Waals surface area contributed by atoms with Crippen molar-refractivity contribution in [2.45, 2.75) is 51.6 Å². The highest BCUT2D eigenvalue weighted by atomic mass is 35.5. The van der Waals surface area contributed by atoms with E-state index in [0.29, 0.717) is 27.8 Å². The van der Waals surface area contributed by atoms with E-state index >= 15 is 0 Å². The van der Waals surface area contributed by atoms with Gasteiger partial charge in [0.2, 0.25) is 0 Å². The molecule has 214 valence electrons. The van der Waals surface area contributed by atoms with Crippen LogP contribution < -0.4 is 9.64 Å². The maximum atomic E-state index is 6.20. The second-order valence-electron chi connectivity index (χ2n) is 10.9. The number of rotatable bonds is 7. The molecule has 3 aromatic carbocycles. The molecule has 6 rings (SSSR count). The number of aliphatic imine (C=N–C) groups is 1. The van der Waals surface area contributed by atoms with E-state index < -0.39 is 0 Å². The molecule has 0 unspecified atom stereocenters. The van der Waals surface area contributed by atoms with Gasteiger partial charge in [0.15, 0.2) is 0 Å². The molecule has 1 saturated carbocycles. The third-order valence-corrected chi connectivity index (χ3v) is 9.67. The maximum absolute atomic E-state index is 6.20. The van der Waals surface area contributed by atoms with Crippen molar-refractivity contribution in [3.8, 4) is 17.0 Å². The number of anilines is 1. The van der Waals surface area contributed by atoms with Gasteiger partial charge in [0.05, 0.1) is 16.4 Å². The van der Waals surface area contributed by atoms with E-state index in [-0.39, 0.29) is 12.4 Å². The number of ether oxygens (including phenoxy) is 1. The quantitative estimate of drug-likeness (QED) is 0.192. The maximum Gasteiger partial charge on any atom is 0.140 e. The van der Waals surface area contributed by atoms with Crippen LogP contribution in [0, 0.1) is 5.41 Å². The molecule has 1 spiro atoms. The third-order valence-electron chi connectivity index (χ3n) is 8.32. The SMILES string of the molecule is Cl.Clc1ccc(OCc2nc(-c3ccc(N=Cc4ccc(N5CCC6(CCCCC6)CC5)cc4)cc3)cs2)c(Cl)c1. The van der Waals surface area contributed by atoms with Crippen molar-refractivity contribution >= 4 is 64.5 Å². The Labute approximate surface area is 262 Å². The van der Waals surface area contributed by atoms with Crippen LogP contribution in [-0.4, -0.2) is 24.3 Å². The first kappa shape index (κ1) is 29.9. The van der Waals surface area contributed by atoms with Crippen LogP contribution in [0.4, 0.5) is 11.4 Å². The zero-order valence-corrected chi connectivity index (χ0v) is 26.0. The highest BCUT2D eigenvalue weighted by Crippen LogP contribution is 2.45. The van der Waals surface area contributed by atoms with Gasteiger partial charge in [-0.2, -0.15) is 0 Å². The average Bonchev–Trinajstić information content (AvgIpc) is 3.46. The van der Waals surface area contributed by atoms with Gasteiger partial charge in [-0.25, -0.2) is 4.98 Å². The second-order valence-corrected chi connectivity index (χ2v) is 12.7. The number of halogens is 3. The molecule has 1 aliphatic carbocycles. The molecule has 0 bridgehead atoms. The lowest BCUT2D eigenvalue weighted by Gasteiger charge is -2.45. The second kappa shape index (κ2) is 13.6. The summed E-state index contributed by atoms with van der Waals surface area (Å²) in [6, 6.07) is 22.2. The van der Waals surface area contributed by atoms with Gasteiger partial charge in [-0.05, 0) is 79.1 Å². The lowest BCUT2D eigenvalue weighted by atomic mass is 9.68. The summed E-state index contributed by atoms with van der Waals surface area (Å²) >= 11 is 13.7. The van der Waals surface area contributed by atoms with Gasteiger partial charge in [-0.3, -0.25) is 4.99 Å². The summed E-state index contributed by atoms with van der Waals surface area (Å²) in [5, 5.41) is 3.99. The standard InChI is InChI=1S/C33H33Cl2N3OS.ClH/c34-26-8-13-31(29(35)20-26)39-22-32-37-30(23-40-32)25-6-9-27(10-7-25)36-21-24-4-11-28(12-5-24)38-18-16-33(17-19-38)14-2-1-3-15-33;/h4-13,20-21,23H,1-3,14-19,22H2;1H. The largest absolute Gasteiger partial charge is 0.485 e. The molecule has 0 N–H and O–H groups in total. The van der Waals surface area contributed by atoms with E-state index in [4.69, 9.17) is 37.9 Å². The smallest absolute Gasteiger partial charge is 0.140 e. The van der Waals surface area contributed by atoms with Gasteiger partial charge in [-0.1, -0.05) is 66.7 Å². The Morgan fingerprint density at radius 3 is 2.34 bits per heavy atom. The van der Waals surface area contributed by atoms with Crippen molar-refractivity contribution < 1.29 is 4.74 Å². The van der Waals surface area contributed by atoms with Crippen molar-refractivity contribution in [2.75, 3.05) is 18.0 Å². The molecule has 1 aliphatic heterocycles. The first-order valence-corrected chi connectivity index (χ1v) is 15.7. The van der Waals surface area contributed by atoms with Crippen molar-refractivity contribution in [2.24, 2.45) is 10.4 Å². The van der Waals surface area contributed by atoms with Crippen molar-refractivity contribution in [3.05, 3.63) is 92.7 Å². The Morgan fingerprint density at radius 2 is 1.63 bits per heavy atom. The minimum atomic E-state index is 0. The Kier molecular flexibility index (Phi) is 9.92. The number of nitrogens with zero attached hydrogens (tertiary/aromatic N) is 3. The summed E-state index contributed by atoms with van der Waals surface area (Å²) in [7, 11) is 0. The number of piperidine rings is 1. The molecule has 0 radical (unpaired) electrons. The third kappa shape index (κ3) is 7.45. The molecule has 2 heterocycles. The Hall–Kier alpha value is -2.57. The van der Waals surface area contributed by atoms with E-state index in [9.17, 15) is 0 Å². The van der Waals surface area contributed by atoms with Gasteiger partial charge in [0, 0.05) is 41.0 Å². The van der Waals surface area contributed by atoms with Crippen molar-refractivity contribution in [1.82, 2.24) is 4.98 Å². The Bertz CT molecular complexity index is 1450. The van der Waals surface area contributed by atoms with Gasteiger partial charge in [0.25, 0.3) is 0 Å². The van der Waals surface area contributed by atoms with Crippen LogP contribution >= 0.6 is 46.9 Å². The molecule has 8 heteroatoms. The fraction of sp³-hybridized carbons (Fsp3) is 0.333. The van der Waals surface area contributed by atoms with Crippen LogP contribution in [0.2, 0.25) is 10.0 Å². The number of aromatic nitrogens is 1. The zero-order chi connectivity index (χ0) is 27.4. The average molecular weight is 627 g/mol. The highest BCUT2D eigenvalue weighted by Gasteiger charge is 2.35. The zero-order valence-electron chi connectivity index (χ0n) is 22.9. The Morgan fingerprint density at radius 1 is 0.902 bits per heavy atom. The van der Waals surface area contributed by atoms with E-state index in [1.165, 1.54) is 63.7 Å². The molecule has 2 aliphatic rings. The Balaban J connectivity index is 0.00000337. The predicted molar refractivity (Wildman–Crippen MR) is 176 cm³/mol. The summed E-state index contributed by atoms with van der Waals surface area (Å²) in [6.45, 7) is 2.72. The van der Waals surface area contributed by atoms with Crippen LogP contribution in [-0.2, 0) is 6.61 Å². The number of benzene rings is 3. The lowest BCUT2D eigenvalue weighted by Crippen LogP contribution is -2.41. The van der Waals surface area contributed by atoms with Gasteiger partial charge >= 0.3 is 0 Å². The molecular weight excluding hydrogens is 593 g/mol. The summed E-state index contributed by atoms with van der Waals surface area (Å²) < 4.78 is 5.82. The molecule has 1 aromatic heterocycles. The van der Waals surface area contributed by atoms with Crippen LogP contribution in [0.15, 0.2) is 77.1 Å². The summed E-state index contributed by atoms with van der Waals surface area (Å²) in [5.41, 5.74) is 5.96. The highest BCUT2D eigenvalue weighted by molar-refractivity contribution is 7.09. The molecule has 4 aromatic rings. The molecule has 4 nitrogen and oxygen atoms in total. The fourth-order valence-corrected chi connectivity index (χ4v) is 7.10. The minimum absolute atomic E-state index is 0. The van der Waals surface area contributed by atoms with Crippen LogP contribution in [0.25, 0.3) is 11.3 Å². The first-order chi connectivity index (χ1) is 19.6. The molecule has 2 fully saturated rings. The normalized spacial score (nSPS) is 16.6. The number of hydrogen-bond donors (Lipinski definition) is 0. The van der Waals surface area contributed by atoms with Crippen molar-refractivity contribution in [3.63, 3.8) is 0 Å². The van der Waals surface area contributed by atoms with Gasteiger partial charge in [-0.15, -0.1) is 23.7 Å². The molecular formula is C33H34Cl3N3OS.